The Morgan fingerprint density at radius 1 is 1.14 bits per heavy atom. The number of ether oxygens (including phenoxy) is 1. The molecular formula is C21H17Br2NO4. The van der Waals surface area contributed by atoms with Crippen molar-refractivity contribution in [2.45, 2.75) is 26.2 Å². The van der Waals surface area contributed by atoms with Crippen LogP contribution in [0.15, 0.2) is 42.6 Å². The number of rotatable bonds is 2. The molecule has 0 fully saturated rings. The molecule has 3 aromatic rings. The van der Waals surface area contributed by atoms with Gasteiger partial charge in [-0.1, -0.05) is 36.7 Å². The third kappa shape index (κ3) is 2.88. The maximum atomic E-state index is 12.8. The minimum Gasteiger partial charge on any atom is -0.497 e. The molecule has 0 saturated carbocycles. The van der Waals surface area contributed by atoms with Crippen LogP contribution in [0.5, 0.6) is 11.7 Å². The number of carbonyl (C=O) groups is 1. The van der Waals surface area contributed by atoms with Crippen LogP contribution in [-0.2, 0) is 10.2 Å². The number of nitrogens with zero attached hydrogens (tertiary/aromatic N) is 1. The van der Waals surface area contributed by atoms with Crippen molar-refractivity contribution in [3.8, 4) is 11.7 Å². The highest BCUT2D eigenvalue weighted by Gasteiger charge is 2.30. The first-order chi connectivity index (χ1) is 13.1. The first-order valence-corrected chi connectivity index (χ1v) is 10.2. The first-order valence-electron chi connectivity index (χ1n) is 8.58. The van der Waals surface area contributed by atoms with Crippen LogP contribution < -0.4 is 15.3 Å². The predicted octanol–water partition coefficient (Wildman–Crippen LogP) is 4.33. The van der Waals surface area contributed by atoms with Crippen LogP contribution in [0.2, 0.25) is 0 Å². The van der Waals surface area contributed by atoms with Gasteiger partial charge in [0.25, 0.3) is 11.9 Å². The van der Waals surface area contributed by atoms with E-state index in [4.69, 9.17) is 9.15 Å². The summed E-state index contributed by atoms with van der Waals surface area (Å²) in [5.74, 6) is -0.110. The normalized spacial score (nSPS) is 13.8. The van der Waals surface area contributed by atoms with E-state index in [0.29, 0.717) is 42.9 Å². The lowest BCUT2D eigenvalue weighted by molar-refractivity contribution is -0.112. The van der Waals surface area contributed by atoms with E-state index in [1.807, 2.05) is 39.0 Å². The minimum absolute atomic E-state index is 0.257. The quantitative estimate of drug-likeness (QED) is 0.561. The van der Waals surface area contributed by atoms with Crippen molar-refractivity contribution in [1.29, 1.82) is 0 Å². The lowest BCUT2D eigenvalue weighted by Crippen LogP contribution is -2.24. The molecule has 0 saturated heterocycles. The van der Waals surface area contributed by atoms with Gasteiger partial charge in [-0.15, -0.1) is 0 Å². The number of carbonyl (C=O) groups excluding carboxylic acids is 1. The molecule has 0 radical (unpaired) electrons. The Labute approximate surface area is 178 Å². The van der Waals surface area contributed by atoms with E-state index < -0.39 is 5.91 Å². The highest BCUT2D eigenvalue weighted by Crippen LogP contribution is 2.43. The molecular weight excluding hydrogens is 490 g/mol. The minimum atomic E-state index is -0.424. The Morgan fingerprint density at radius 2 is 1.86 bits per heavy atom. The fraction of sp³-hybridized carbons (Fsp3) is 0.238. The van der Waals surface area contributed by atoms with Crippen molar-refractivity contribution < 1.29 is 19.1 Å². The zero-order valence-corrected chi connectivity index (χ0v) is 18.9. The Kier molecular flexibility index (Phi) is 4.43. The smallest absolute Gasteiger partial charge is 0.291 e. The second-order valence-electron chi connectivity index (χ2n) is 7.66. The Hall–Kier alpha value is -2.12. The van der Waals surface area contributed by atoms with Gasteiger partial charge < -0.3 is 14.3 Å². The van der Waals surface area contributed by atoms with Gasteiger partial charge in [0.15, 0.2) is 0 Å². The monoisotopic (exact) mass is 505 g/mol. The number of furan rings is 1. The van der Waals surface area contributed by atoms with Gasteiger partial charge in [-0.05, 0) is 45.6 Å². The van der Waals surface area contributed by atoms with Gasteiger partial charge in [-0.3, -0.25) is 4.79 Å². The predicted molar refractivity (Wildman–Crippen MR) is 113 cm³/mol. The zero-order valence-electron chi connectivity index (χ0n) is 15.7. The highest BCUT2D eigenvalue weighted by atomic mass is 79.9. The highest BCUT2D eigenvalue weighted by molar-refractivity contribution is 9.11. The van der Waals surface area contributed by atoms with Gasteiger partial charge in [0, 0.05) is 25.1 Å². The SMILES string of the molecule is COc1cc(C(C)(C)C)c2oc(O)c(C3=c4cc(Br)cc(Br)c4=NC3=O)c2c1. The molecule has 28 heavy (non-hydrogen) atoms. The van der Waals surface area contributed by atoms with Crippen LogP contribution >= 0.6 is 31.9 Å². The van der Waals surface area contributed by atoms with Crippen molar-refractivity contribution >= 4 is 54.3 Å². The van der Waals surface area contributed by atoms with Crippen LogP contribution in [0.4, 0.5) is 0 Å². The lowest BCUT2D eigenvalue weighted by Gasteiger charge is -2.20. The summed E-state index contributed by atoms with van der Waals surface area (Å²) < 4.78 is 12.7. The Bertz CT molecular complexity index is 1280. The maximum Gasteiger partial charge on any atom is 0.291 e. The molecule has 4 rings (SSSR count). The van der Waals surface area contributed by atoms with E-state index in [1.54, 1.807) is 13.2 Å². The van der Waals surface area contributed by atoms with Gasteiger partial charge >= 0.3 is 0 Å². The molecule has 1 aromatic heterocycles. The van der Waals surface area contributed by atoms with Gasteiger partial charge in [0.2, 0.25) is 0 Å². The Morgan fingerprint density at radius 3 is 2.50 bits per heavy atom. The molecule has 1 N–H and O–H groups in total. The molecule has 1 aliphatic heterocycles. The summed E-state index contributed by atoms with van der Waals surface area (Å²) >= 11 is 6.90. The van der Waals surface area contributed by atoms with Gasteiger partial charge in [-0.2, -0.15) is 0 Å². The van der Waals surface area contributed by atoms with Crippen molar-refractivity contribution in [2.24, 2.45) is 4.99 Å². The van der Waals surface area contributed by atoms with Crippen LogP contribution in [0.25, 0.3) is 16.5 Å². The number of amides is 1. The van der Waals surface area contributed by atoms with E-state index in [9.17, 15) is 9.90 Å². The maximum absolute atomic E-state index is 12.8. The summed E-state index contributed by atoms with van der Waals surface area (Å²) in [6, 6.07) is 7.30. The second-order valence-corrected chi connectivity index (χ2v) is 9.43. The standard InChI is InChI=1S/C21H17Br2NO4/c1-21(2,3)13-8-10(27-4)7-12-16(20(26)28-18(12)13)15-11-5-9(22)6-14(23)17(11)24-19(15)25/h5-8,26H,1-4H3. The molecule has 2 aromatic carbocycles. The van der Waals surface area contributed by atoms with E-state index in [0.717, 1.165) is 10.0 Å². The second kappa shape index (κ2) is 6.46. The fourth-order valence-electron chi connectivity index (χ4n) is 3.46. The summed E-state index contributed by atoms with van der Waals surface area (Å²) in [5.41, 5.74) is 1.79. The van der Waals surface area contributed by atoms with E-state index in [1.165, 1.54) is 0 Å². The van der Waals surface area contributed by atoms with E-state index >= 15 is 0 Å². The van der Waals surface area contributed by atoms with E-state index in [2.05, 4.69) is 36.9 Å². The molecule has 0 bridgehead atoms. The van der Waals surface area contributed by atoms with Crippen molar-refractivity contribution in [1.82, 2.24) is 0 Å². The van der Waals surface area contributed by atoms with Gasteiger partial charge in [0.05, 0.1) is 23.6 Å². The summed E-state index contributed by atoms with van der Waals surface area (Å²) in [6.45, 7) is 6.15. The molecule has 0 spiro atoms. The van der Waals surface area contributed by atoms with Crippen LogP contribution in [0, 0.1) is 0 Å². The van der Waals surface area contributed by atoms with Crippen LogP contribution in [0.3, 0.4) is 0 Å². The fourth-order valence-corrected chi connectivity index (χ4v) is 4.78. The van der Waals surface area contributed by atoms with Gasteiger partial charge in [-0.25, -0.2) is 4.99 Å². The van der Waals surface area contributed by atoms with E-state index in [-0.39, 0.29) is 11.4 Å². The first kappa shape index (κ1) is 19.2. The van der Waals surface area contributed by atoms with Crippen LogP contribution in [-0.4, -0.2) is 18.1 Å². The third-order valence-electron chi connectivity index (χ3n) is 4.76. The number of fused-ring (bicyclic) bond motifs is 2. The zero-order chi connectivity index (χ0) is 20.4. The number of aromatic hydroxyl groups is 1. The molecule has 7 heteroatoms. The molecule has 0 aliphatic carbocycles. The molecule has 0 unspecified atom stereocenters. The van der Waals surface area contributed by atoms with Crippen molar-refractivity contribution in [3.05, 3.63) is 54.9 Å². The molecule has 1 amide bonds. The summed E-state index contributed by atoms with van der Waals surface area (Å²) in [7, 11) is 1.58. The number of hydrogen-bond donors (Lipinski definition) is 1. The van der Waals surface area contributed by atoms with Gasteiger partial charge in [0.1, 0.15) is 11.3 Å². The molecule has 2 heterocycles. The lowest BCUT2D eigenvalue weighted by atomic mass is 9.85. The summed E-state index contributed by atoms with van der Waals surface area (Å²) in [5, 5.41) is 12.5. The topological polar surface area (TPSA) is 72.0 Å². The van der Waals surface area contributed by atoms with Crippen LogP contribution in [0.1, 0.15) is 31.9 Å². The largest absolute Gasteiger partial charge is 0.497 e. The molecule has 144 valence electrons. The van der Waals surface area contributed by atoms with Crippen molar-refractivity contribution in [3.63, 3.8) is 0 Å². The average Bonchev–Trinajstić information content (AvgIpc) is 3.08. The Balaban J connectivity index is 2.18. The molecule has 5 nitrogen and oxygen atoms in total. The van der Waals surface area contributed by atoms with Crippen molar-refractivity contribution in [2.75, 3.05) is 7.11 Å². The number of hydrogen-bond acceptors (Lipinski definition) is 4. The number of methoxy groups -OCH3 is 1. The molecule has 0 atom stereocenters. The summed E-state index contributed by atoms with van der Waals surface area (Å²) in [4.78, 5) is 17.0. The number of halogens is 2. The number of benzene rings is 2. The third-order valence-corrected chi connectivity index (χ3v) is 5.83. The summed E-state index contributed by atoms with van der Waals surface area (Å²) in [6.07, 6.45) is 0. The average molecular weight is 507 g/mol. The molecule has 1 aliphatic rings.